The summed E-state index contributed by atoms with van der Waals surface area (Å²) >= 11 is 0. The maximum absolute atomic E-state index is 13.3. The maximum Gasteiger partial charge on any atom is 0.271 e. The zero-order chi connectivity index (χ0) is 20.8. The van der Waals surface area contributed by atoms with E-state index in [9.17, 15) is 14.0 Å². The number of benzene rings is 2. The van der Waals surface area contributed by atoms with Crippen LogP contribution in [0, 0.1) is 11.7 Å². The van der Waals surface area contributed by atoms with Crippen molar-refractivity contribution in [2.45, 2.75) is 20.3 Å². The Hall–Kier alpha value is -3.48. The molecule has 150 valence electrons. The molecule has 3 rings (SSSR count). The number of rotatable bonds is 7. The highest BCUT2D eigenvalue weighted by Crippen LogP contribution is 2.18. The Bertz CT molecular complexity index is 999. The van der Waals surface area contributed by atoms with Gasteiger partial charge >= 0.3 is 0 Å². The molecule has 29 heavy (non-hydrogen) atoms. The van der Waals surface area contributed by atoms with E-state index >= 15 is 0 Å². The molecule has 3 aromatic rings. The predicted molar refractivity (Wildman–Crippen MR) is 109 cm³/mol. The third kappa shape index (κ3) is 5.28. The van der Waals surface area contributed by atoms with Crippen LogP contribution in [-0.2, 0) is 11.2 Å². The van der Waals surface area contributed by atoms with Gasteiger partial charge in [0.1, 0.15) is 11.6 Å². The summed E-state index contributed by atoms with van der Waals surface area (Å²) in [6.45, 7) is 3.92. The van der Waals surface area contributed by atoms with Crippen LogP contribution in [0.4, 0.5) is 10.2 Å². The van der Waals surface area contributed by atoms with Crippen molar-refractivity contribution in [1.29, 1.82) is 0 Å². The summed E-state index contributed by atoms with van der Waals surface area (Å²) in [5.74, 6) is -0.625. The van der Waals surface area contributed by atoms with Crippen molar-refractivity contribution in [2.24, 2.45) is 5.92 Å². The van der Waals surface area contributed by atoms with Gasteiger partial charge in [-0.15, -0.1) is 0 Å². The summed E-state index contributed by atoms with van der Waals surface area (Å²) < 4.78 is 14.8. The number of amides is 2. The van der Waals surface area contributed by atoms with Crippen LogP contribution >= 0.6 is 0 Å². The first kappa shape index (κ1) is 20.3. The Morgan fingerprint density at radius 2 is 1.83 bits per heavy atom. The maximum atomic E-state index is 13.3. The van der Waals surface area contributed by atoms with Crippen LogP contribution in [0.15, 0.2) is 60.7 Å². The quantitative estimate of drug-likeness (QED) is 0.643. The van der Waals surface area contributed by atoms with E-state index in [1.54, 1.807) is 32.0 Å². The van der Waals surface area contributed by atoms with Crippen molar-refractivity contribution in [1.82, 2.24) is 15.1 Å². The third-order valence-corrected chi connectivity index (χ3v) is 4.31. The van der Waals surface area contributed by atoms with Gasteiger partial charge in [-0.3, -0.25) is 9.59 Å². The summed E-state index contributed by atoms with van der Waals surface area (Å²) in [4.78, 5) is 24.7. The van der Waals surface area contributed by atoms with Crippen LogP contribution in [0.25, 0.3) is 5.69 Å². The number of nitrogens with one attached hydrogen (secondary N) is 2. The molecule has 0 bridgehead atoms. The molecular formula is C22H23FN4O2. The second kappa shape index (κ2) is 9.14. The van der Waals surface area contributed by atoms with Gasteiger partial charge in [-0.1, -0.05) is 44.2 Å². The van der Waals surface area contributed by atoms with Gasteiger partial charge in [-0.05, 0) is 36.2 Å². The minimum Gasteiger partial charge on any atom is -0.350 e. The van der Waals surface area contributed by atoms with Crippen molar-refractivity contribution in [2.75, 3.05) is 11.9 Å². The Morgan fingerprint density at radius 1 is 1.07 bits per heavy atom. The van der Waals surface area contributed by atoms with E-state index in [4.69, 9.17) is 0 Å². The van der Waals surface area contributed by atoms with Gasteiger partial charge in [0.15, 0.2) is 5.69 Å². The zero-order valence-electron chi connectivity index (χ0n) is 16.4. The van der Waals surface area contributed by atoms with E-state index in [2.05, 4.69) is 15.7 Å². The molecule has 0 aliphatic carbocycles. The molecular weight excluding hydrogens is 371 g/mol. The van der Waals surface area contributed by atoms with Crippen LogP contribution in [0.5, 0.6) is 0 Å². The molecule has 0 spiro atoms. The average molecular weight is 394 g/mol. The molecule has 0 saturated carbocycles. The highest BCUT2D eigenvalue weighted by Gasteiger charge is 2.18. The van der Waals surface area contributed by atoms with E-state index in [0.717, 1.165) is 11.3 Å². The lowest BCUT2D eigenvalue weighted by Crippen LogP contribution is -2.26. The fourth-order valence-corrected chi connectivity index (χ4v) is 2.72. The number of aromatic nitrogens is 2. The number of carbonyl (C=O) groups is 2. The van der Waals surface area contributed by atoms with Gasteiger partial charge < -0.3 is 10.6 Å². The van der Waals surface area contributed by atoms with Gasteiger partial charge in [-0.2, -0.15) is 5.10 Å². The molecule has 0 fully saturated rings. The number of para-hydroxylation sites is 1. The second-order valence-electron chi connectivity index (χ2n) is 6.94. The molecule has 7 heteroatoms. The van der Waals surface area contributed by atoms with Crippen LogP contribution < -0.4 is 10.6 Å². The first-order valence-corrected chi connectivity index (χ1v) is 9.43. The van der Waals surface area contributed by atoms with Gasteiger partial charge in [0.05, 0.1) is 5.69 Å². The Labute approximate surface area is 168 Å². The minimum absolute atomic E-state index is 0.167. The first-order valence-electron chi connectivity index (χ1n) is 9.43. The molecule has 0 aliphatic heterocycles. The predicted octanol–water partition coefficient (Wildman–Crippen LogP) is 3.58. The van der Waals surface area contributed by atoms with E-state index in [0.29, 0.717) is 18.8 Å². The highest BCUT2D eigenvalue weighted by atomic mass is 19.1. The highest BCUT2D eigenvalue weighted by molar-refractivity contribution is 5.96. The van der Waals surface area contributed by atoms with Gasteiger partial charge in [0, 0.05) is 18.5 Å². The molecule has 0 aliphatic rings. The Kier molecular flexibility index (Phi) is 6.39. The van der Waals surface area contributed by atoms with E-state index < -0.39 is 0 Å². The standard InChI is InChI=1S/C22H23FN4O2/c1-15(2)21(28)25-20-14-19(26-27(20)18-9-4-3-5-10-18)22(29)24-12-11-16-7-6-8-17(23)13-16/h3-10,13-15H,11-12H2,1-2H3,(H,24,29)(H,25,28). The molecule has 1 heterocycles. The molecule has 2 aromatic carbocycles. The Morgan fingerprint density at radius 3 is 2.52 bits per heavy atom. The third-order valence-electron chi connectivity index (χ3n) is 4.31. The van der Waals surface area contributed by atoms with Crippen LogP contribution in [0.3, 0.4) is 0 Å². The summed E-state index contributed by atoms with van der Waals surface area (Å²) in [5, 5.41) is 9.96. The van der Waals surface area contributed by atoms with Crippen molar-refractivity contribution in [3.05, 3.63) is 77.7 Å². The molecule has 2 amide bonds. The normalized spacial score (nSPS) is 10.8. The summed E-state index contributed by atoms with van der Waals surface area (Å²) in [6.07, 6.45) is 0.500. The van der Waals surface area contributed by atoms with E-state index in [-0.39, 0.29) is 29.2 Å². The molecule has 0 saturated heterocycles. The van der Waals surface area contributed by atoms with Gasteiger partial charge in [-0.25, -0.2) is 9.07 Å². The average Bonchev–Trinajstić information content (AvgIpc) is 3.12. The monoisotopic (exact) mass is 394 g/mol. The molecule has 0 radical (unpaired) electrons. The molecule has 1 aromatic heterocycles. The lowest BCUT2D eigenvalue weighted by Gasteiger charge is -2.10. The van der Waals surface area contributed by atoms with Crippen molar-refractivity contribution in [3.8, 4) is 5.69 Å². The molecule has 0 unspecified atom stereocenters. The number of hydrogen-bond donors (Lipinski definition) is 2. The number of nitrogens with zero attached hydrogens (tertiary/aromatic N) is 2. The van der Waals surface area contributed by atoms with Crippen LogP contribution in [0.1, 0.15) is 29.9 Å². The fraction of sp³-hybridized carbons (Fsp3) is 0.227. The SMILES string of the molecule is CC(C)C(=O)Nc1cc(C(=O)NCCc2cccc(F)c2)nn1-c1ccccc1. The summed E-state index contributed by atoms with van der Waals surface area (Å²) in [7, 11) is 0. The van der Waals surface area contributed by atoms with Crippen molar-refractivity contribution >= 4 is 17.6 Å². The fourth-order valence-electron chi connectivity index (χ4n) is 2.72. The number of hydrogen-bond acceptors (Lipinski definition) is 3. The lowest BCUT2D eigenvalue weighted by atomic mass is 10.1. The number of halogens is 1. The Balaban J connectivity index is 1.75. The smallest absolute Gasteiger partial charge is 0.271 e. The summed E-state index contributed by atoms with van der Waals surface area (Å²) in [6, 6.07) is 17.1. The topological polar surface area (TPSA) is 76.0 Å². The van der Waals surface area contributed by atoms with E-state index in [1.165, 1.54) is 16.8 Å². The molecule has 6 nitrogen and oxygen atoms in total. The van der Waals surface area contributed by atoms with Crippen LogP contribution in [-0.4, -0.2) is 28.1 Å². The number of carbonyl (C=O) groups excluding carboxylic acids is 2. The lowest BCUT2D eigenvalue weighted by molar-refractivity contribution is -0.118. The zero-order valence-corrected chi connectivity index (χ0v) is 16.4. The molecule has 2 N–H and O–H groups in total. The van der Waals surface area contributed by atoms with Crippen molar-refractivity contribution in [3.63, 3.8) is 0 Å². The van der Waals surface area contributed by atoms with E-state index in [1.807, 2.05) is 30.3 Å². The van der Waals surface area contributed by atoms with Crippen molar-refractivity contribution < 1.29 is 14.0 Å². The molecule has 0 atom stereocenters. The number of anilines is 1. The largest absolute Gasteiger partial charge is 0.350 e. The van der Waals surface area contributed by atoms with Crippen LogP contribution in [0.2, 0.25) is 0 Å². The minimum atomic E-state index is -0.365. The first-order chi connectivity index (χ1) is 13.9. The summed E-state index contributed by atoms with van der Waals surface area (Å²) in [5.41, 5.74) is 1.71. The van der Waals surface area contributed by atoms with Gasteiger partial charge in [0.25, 0.3) is 5.91 Å². The van der Waals surface area contributed by atoms with Gasteiger partial charge in [0.2, 0.25) is 5.91 Å². The second-order valence-corrected chi connectivity index (χ2v) is 6.94.